The fraction of sp³-hybridized carbons (Fsp3) is 0.400. The van der Waals surface area contributed by atoms with Gasteiger partial charge in [0.15, 0.2) is 0 Å². The quantitative estimate of drug-likeness (QED) is 0.790. The van der Waals surface area contributed by atoms with Crippen LogP contribution in [0.5, 0.6) is 5.75 Å². The molecule has 0 N–H and O–H groups in total. The number of hydrogen-bond donors (Lipinski definition) is 0. The summed E-state index contributed by atoms with van der Waals surface area (Å²) in [5, 5.41) is 0. The molecule has 1 aliphatic heterocycles. The zero-order valence-electron chi connectivity index (χ0n) is 13.6. The summed E-state index contributed by atoms with van der Waals surface area (Å²) in [7, 11) is 0. The Balaban J connectivity index is 1.73. The van der Waals surface area contributed by atoms with Gasteiger partial charge in [0.05, 0.1) is 6.10 Å². The Labute approximate surface area is 133 Å². The third kappa shape index (κ3) is 3.89. The molecule has 0 atom stereocenters. The molecule has 2 aromatic rings. The molecule has 0 radical (unpaired) electrons. The van der Waals surface area contributed by atoms with Crippen LogP contribution >= 0.6 is 0 Å². The van der Waals surface area contributed by atoms with Crippen molar-refractivity contribution in [2.45, 2.75) is 39.3 Å². The van der Waals surface area contributed by atoms with Crippen molar-refractivity contribution in [2.24, 2.45) is 0 Å². The van der Waals surface area contributed by atoms with Crippen LogP contribution in [0.2, 0.25) is 0 Å². The molecule has 1 fully saturated rings. The Kier molecular flexibility index (Phi) is 4.79. The second-order valence-electron chi connectivity index (χ2n) is 6.37. The van der Waals surface area contributed by atoms with Crippen LogP contribution in [0, 0.1) is 0 Å². The van der Waals surface area contributed by atoms with Gasteiger partial charge in [-0.3, -0.25) is 4.90 Å². The predicted octanol–water partition coefficient (Wildman–Crippen LogP) is 4.74. The molecule has 0 aliphatic carbocycles. The monoisotopic (exact) mass is 295 g/mol. The zero-order valence-corrected chi connectivity index (χ0v) is 13.6. The van der Waals surface area contributed by atoms with Crippen molar-refractivity contribution in [2.75, 3.05) is 13.1 Å². The minimum atomic E-state index is 0.217. The molecule has 1 saturated heterocycles. The van der Waals surface area contributed by atoms with Crippen molar-refractivity contribution < 1.29 is 4.74 Å². The maximum atomic E-state index is 5.71. The van der Waals surface area contributed by atoms with E-state index in [0.29, 0.717) is 0 Å². The molecule has 1 aliphatic rings. The maximum Gasteiger partial charge on any atom is 0.119 e. The molecular weight excluding hydrogens is 270 g/mol. The van der Waals surface area contributed by atoms with Crippen molar-refractivity contribution in [3.05, 3.63) is 54.1 Å². The Morgan fingerprint density at radius 3 is 2.36 bits per heavy atom. The van der Waals surface area contributed by atoms with Gasteiger partial charge in [0.25, 0.3) is 0 Å². The highest BCUT2D eigenvalue weighted by atomic mass is 16.5. The van der Waals surface area contributed by atoms with Crippen LogP contribution < -0.4 is 4.74 Å². The Morgan fingerprint density at radius 2 is 1.68 bits per heavy atom. The number of benzene rings is 2. The van der Waals surface area contributed by atoms with Gasteiger partial charge in [-0.1, -0.05) is 30.3 Å². The first-order valence-electron chi connectivity index (χ1n) is 8.29. The van der Waals surface area contributed by atoms with Crippen LogP contribution in [0.15, 0.2) is 48.5 Å². The highest BCUT2D eigenvalue weighted by molar-refractivity contribution is 5.64. The summed E-state index contributed by atoms with van der Waals surface area (Å²) in [5.74, 6) is 0.937. The lowest BCUT2D eigenvalue weighted by atomic mass is 10.0. The summed E-state index contributed by atoms with van der Waals surface area (Å²) in [4.78, 5) is 2.54. The first-order chi connectivity index (χ1) is 10.7. The van der Waals surface area contributed by atoms with Gasteiger partial charge in [0.2, 0.25) is 0 Å². The molecular formula is C20H25NO. The highest BCUT2D eigenvalue weighted by Gasteiger charge is 2.11. The van der Waals surface area contributed by atoms with Crippen LogP contribution in [0.25, 0.3) is 11.1 Å². The zero-order chi connectivity index (χ0) is 15.4. The number of hydrogen-bond acceptors (Lipinski definition) is 2. The number of nitrogens with zero attached hydrogens (tertiary/aromatic N) is 1. The van der Waals surface area contributed by atoms with Gasteiger partial charge in [0, 0.05) is 6.54 Å². The molecule has 2 aromatic carbocycles. The standard InChI is InChI=1S/C20H25NO/c1-16(2)22-20-10-8-18(9-11-20)19-7-5-6-17(14-19)15-21-12-3-4-13-21/h5-11,14,16H,3-4,12-13,15H2,1-2H3. The van der Waals surface area contributed by atoms with E-state index in [0.717, 1.165) is 12.3 Å². The van der Waals surface area contributed by atoms with Crippen LogP contribution in [0.4, 0.5) is 0 Å². The first kappa shape index (κ1) is 15.1. The van der Waals surface area contributed by atoms with Crippen molar-refractivity contribution >= 4 is 0 Å². The van der Waals surface area contributed by atoms with E-state index in [1.165, 1.54) is 42.6 Å². The van der Waals surface area contributed by atoms with Gasteiger partial charge in [-0.25, -0.2) is 0 Å². The average molecular weight is 295 g/mol. The molecule has 2 heteroatoms. The Bertz CT molecular complexity index is 597. The highest BCUT2D eigenvalue weighted by Crippen LogP contribution is 2.24. The van der Waals surface area contributed by atoms with E-state index in [4.69, 9.17) is 4.74 Å². The molecule has 0 unspecified atom stereocenters. The molecule has 0 bridgehead atoms. The molecule has 116 valence electrons. The van der Waals surface area contributed by atoms with E-state index < -0.39 is 0 Å². The van der Waals surface area contributed by atoms with Crippen molar-refractivity contribution in [3.8, 4) is 16.9 Å². The van der Waals surface area contributed by atoms with E-state index in [-0.39, 0.29) is 6.10 Å². The van der Waals surface area contributed by atoms with E-state index in [1.807, 2.05) is 0 Å². The first-order valence-corrected chi connectivity index (χ1v) is 8.29. The van der Waals surface area contributed by atoms with Gasteiger partial charge in [0.1, 0.15) is 5.75 Å². The fourth-order valence-electron chi connectivity index (χ4n) is 3.05. The SMILES string of the molecule is CC(C)Oc1ccc(-c2cccc(CN3CCCC3)c2)cc1. The Morgan fingerprint density at radius 1 is 0.955 bits per heavy atom. The van der Waals surface area contributed by atoms with E-state index >= 15 is 0 Å². The second-order valence-corrected chi connectivity index (χ2v) is 6.37. The summed E-state index contributed by atoms with van der Waals surface area (Å²) < 4.78 is 5.71. The third-order valence-electron chi connectivity index (χ3n) is 4.09. The van der Waals surface area contributed by atoms with Crippen molar-refractivity contribution in [1.29, 1.82) is 0 Å². The summed E-state index contributed by atoms with van der Waals surface area (Å²) >= 11 is 0. The molecule has 0 amide bonds. The molecule has 0 saturated carbocycles. The van der Waals surface area contributed by atoms with Crippen molar-refractivity contribution in [3.63, 3.8) is 0 Å². The second kappa shape index (κ2) is 6.97. The fourth-order valence-corrected chi connectivity index (χ4v) is 3.05. The average Bonchev–Trinajstić information content (AvgIpc) is 3.01. The minimum absolute atomic E-state index is 0.217. The maximum absolute atomic E-state index is 5.71. The molecule has 0 aromatic heterocycles. The molecule has 0 spiro atoms. The van der Waals surface area contributed by atoms with Crippen LogP contribution in [0.3, 0.4) is 0 Å². The summed E-state index contributed by atoms with van der Waals surface area (Å²) in [5.41, 5.74) is 3.94. The lowest BCUT2D eigenvalue weighted by molar-refractivity contribution is 0.242. The lowest BCUT2D eigenvalue weighted by Gasteiger charge is -2.15. The lowest BCUT2D eigenvalue weighted by Crippen LogP contribution is -2.18. The number of ether oxygens (including phenoxy) is 1. The topological polar surface area (TPSA) is 12.5 Å². The molecule has 2 nitrogen and oxygen atoms in total. The van der Waals surface area contributed by atoms with E-state index in [1.54, 1.807) is 0 Å². The third-order valence-corrected chi connectivity index (χ3v) is 4.09. The normalized spacial score (nSPS) is 15.4. The van der Waals surface area contributed by atoms with Crippen LogP contribution in [0.1, 0.15) is 32.3 Å². The molecule has 22 heavy (non-hydrogen) atoms. The summed E-state index contributed by atoms with van der Waals surface area (Å²) in [6.45, 7) is 7.66. The van der Waals surface area contributed by atoms with E-state index in [9.17, 15) is 0 Å². The Hall–Kier alpha value is -1.80. The van der Waals surface area contributed by atoms with E-state index in [2.05, 4.69) is 67.3 Å². The molecule has 1 heterocycles. The number of rotatable bonds is 5. The van der Waals surface area contributed by atoms with Gasteiger partial charge in [-0.2, -0.15) is 0 Å². The van der Waals surface area contributed by atoms with Crippen molar-refractivity contribution in [1.82, 2.24) is 4.90 Å². The van der Waals surface area contributed by atoms with Crippen LogP contribution in [-0.4, -0.2) is 24.1 Å². The van der Waals surface area contributed by atoms with Gasteiger partial charge in [-0.15, -0.1) is 0 Å². The molecule has 3 rings (SSSR count). The largest absolute Gasteiger partial charge is 0.491 e. The minimum Gasteiger partial charge on any atom is -0.491 e. The smallest absolute Gasteiger partial charge is 0.119 e. The van der Waals surface area contributed by atoms with Gasteiger partial charge < -0.3 is 4.74 Å². The van der Waals surface area contributed by atoms with Gasteiger partial charge in [-0.05, 0) is 74.7 Å². The van der Waals surface area contributed by atoms with Crippen LogP contribution in [-0.2, 0) is 6.54 Å². The van der Waals surface area contributed by atoms with Gasteiger partial charge >= 0.3 is 0 Å². The summed E-state index contributed by atoms with van der Waals surface area (Å²) in [6.07, 6.45) is 2.91. The number of likely N-dealkylation sites (tertiary alicyclic amines) is 1. The predicted molar refractivity (Wildman–Crippen MR) is 92.2 cm³/mol. The summed E-state index contributed by atoms with van der Waals surface area (Å²) in [6, 6.07) is 17.3.